The van der Waals surface area contributed by atoms with E-state index in [0.29, 0.717) is 6.54 Å². The lowest BCUT2D eigenvalue weighted by molar-refractivity contribution is -0.127. The van der Waals surface area contributed by atoms with Crippen LogP contribution in [0.4, 0.5) is 0 Å². The number of carbonyl (C=O) groups excluding carboxylic acids is 1. The lowest BCUT2D eigenvalue weighted by Crippen LogP contribution is -2.33. The van der Waals surface area contributed by atoms with Gasteiger partial charge in [0.25, 0.3) is 0 Å². The number of hydrogen-bond acceptors (Lipinski definition) is 4. The molecular weight excluding hydrogens is 256 g/mol. The normalized spacial score (nSPS) is 21.7. The summed E-state index contributed by atoms with van der Waals surface area (Å²) in [7, 11) is -3.63. The lowest BCUT2D eigenvalue weighted by atomic mass is 9.89. The molecule has 1 fully saturated rings. The maximum atomic E-state index is 11.6. The van der Waals surface area contributed by atoms with Gasteiger partial charge in [0, 0.05) is 26.1 Å². The third-order valence-electron chi connectivity index (χ3n) is 3.35. The topological polar surface area (TPSA) is 101 Å². The van der Waals surface area contributed by atoms with Crippen LogP contribution in [0.15, 0.2) is 0 Å². The fourth-order valence-corrected chi connectivity index (χ4v) is 2.76. The highest BCUT2D eigenvalue weighted by molar-refractivity contribution is 7.89. The summed E-state index contributed by atoms with van der Waals surface area (Å²) in [4.78, 5) is 13.2. The summed E-state index contributed by atoms with van der Waals surface area (Å²) in [5.74, 6) is -0.157. The molecule has 3 N–H and O–H groups in total. The molecule has 0 radical (unpaired) electrons. The molecule has 0 saturated carbocycles. The van der Waals surface area contributed by atoms with Crippen molar-refractivity contribution in [2.45, 2.75) is 38.4 Å². The average Bonchev–Trinajstić information content (AvgIpc) is 2.60. The first-order valence-corrected chi connectivity index (χ1v) is 7.67. The minimum absolute atomic E-state index is 0.0117. The Bertz CT molecular complexity index is 405. The van der Waals surface area contributed by atoms with E-state index in [2.05, 4.69) is 0 Å². The summed E-state index contributed by atoms with van der Waals surface area (Å²) in [5.41, 5.74) is -0.165. The van der Waals surface area contributed by atoms with Crippen molar-refractivity contribution in [1.29, 1.82) is 0 Å². The van der Waals surface area contributed by atoms with Crippen LogP contribution >= 0.6 is 0 Å². The van der Waals surface area contributed by atoms with Gasteiger partial charge in [-0.25, -0.2) is 13.6 Å². The monoisotopic (exact) mass is 278 g/mol. The van der Waals surface area contributed by atoms with Crippen molar-refractivity contribution in [3.63, 3.8) is 0 Å². The second kappa shape index (κ2) is 5.54. The second-order valence-electron chi connectivity index (χ2n) is 5.68. The van der Waals surface area contributed by atoms with Gasteiger partial charge in [-0.2, -0.15) is 0 Å². The molecule has 0 aliphatic carbocycles. The van der Waals surface area contributed by atoms with E-state index in [0.717, 1.165) is 12.8 Å². The molecule has 106 valence electrons. The Morgan fingerprint density at radius 3 is 2.56 bits per heavy atom. The Morgan fingerprint density at radius 2 is 2.11 bits per heavy atom. The van der Waals surface area contributed by atoms with Gasteiger partial charge >= 0.3 is 0 Å². The Balaban J connectivity index is 2.43. The molecule has 0 aromatic rings. The van der Waals surface area contributed by atoms with Crippen LogP contribution in [0.5, 0.6) is 0 Å². The number of primary sulfonamides is 1. The molecule has 1 atom stereocenters. The minimum atomic E-state index is -3.63. The van der Waals surface area contributed by atoms with Gasteiger partial charge in [-0.3, -0.25) is 4.79 Å². The quantitative estimate of drug-likeness (QED) is 0.695. The maximum Gasteiger partial charge on any atom is 0.224 e. The van der Waals surface area contributed by atoms with Crippen molar-refractivity contribution >= 4 is 15.9 Å². The molecular formula is C11H22N2O4S. The molecule has 1 amide bonds. The van der Waals surface area contributed by atoms with Gasteiger partial charge in [0.05, 0.1) is 0 Å². The van der Waals surface area contributed by atoms with Crippen LogP contribution in [0.3, 0.4) is 0 Å². The number of carbonyl (C=O) groups is 1. The summed E-state index contributed by atoms with van der Waals surface area (Å²) in [6.45, 7) is 4.71. The standard InChI is InChI=1S/C11H22N2O4S/c1-11(2,8-14)4-3-5-13-7-9(6-10(13)15)18(12,16)17/h9,14H,3-8H2,1-2H3,(H2,12,16,17). The van der Waals surface area contributed by atoms with E-state index in [1.54, 1.807) is 4.90 Å². The van der Waals surface area contributed by atoms with E-state index >= 15 is 0 Å². The van der Waals surface area contributed by atoms with E-state index in [-0.39, 0.29) is 30.9 Å². The van der Waals surface area contributed by atoms with Crippen molar-refractivity contribution < 1.29 is 18.3 Å². The largest absolute Gasteiger partial charge is 0.396 e. The smallest absolute Gasteiger partial charge is 0.224 e. The van der Waals surface area contributed by atoms with Crippen molar-refractivity contribution in [3.05, 3.63) is 0 Å². The molecule has 1 unspecified atom stereocenters. The van der Waals surface area contributed by atoms with Gasteiger partial charge in [0.1, 0.15) is 5.25 Å². The fourth-order valence-electron chi connectivity index (χ4n) is 2.00. The van der Waals surface area contributed by atoms with Crippen molar-refractivity contribution in [1.82, 2.24) is 4.90 Å². The molecule has 7 heteroatoms. The van der Waals surface area contributed by atoms with E-state index in [9.17, 15) is 13.2 Å². The van der Waals surface area contributed by atoms with Crippen LogP contribution in [0.2, 0.25) is 0 Å². The summed E-state index contributed by atoms with van der Waals surface area (Å²) < 4.78 is 22.3. The predicted octanol–water partition coefficient (Wildman–Crippen LogP) is -0.325. The van der Waals surface area contributed by atoms with E-state index in [4.69, 9.17) is 10.2 Å². The highest BCUT2D eigenvalue weighted by atomic mass is 32.2. The highest BCUT2D eigenvalue weighted by Gasteiger charge is 2.36. The number of aliphatic hydroxyl groups is 1. The molecule has 1 heterocycles. The van der Waals surface area contributed by atoms with Gasteiger partial charge in [-0.05, 0) is 18.3 Å². The molecule has 1 saturated heterocycles. The predicted molar refractivity (Wildman–Crippen MR) is 68.2 cm³/mol. The highest BCUT2D eigenvalue weighted by Crippen LogP contribution is 2.23. The number of sulfonamides is 1. The zero-order chi connectivity index (χ0) is 14.0. The number of aliphatic hydroxyl groups excluding tert-OH is 1. The number of nitrogens with two attached hydrogens (primary N) is 1. The number of rotatable bonds is 6. The van der Waals surface area contributed by atoms with Crippen LogP contribution in [-0.2, 0) is 14.8 Å². The van der Waals surface area contributed by atoms with Crippen molar-refractivity contribution in [2.24, 2.45) is 10.6 Å². The minimum Gasteiger partial charge on any atom is -0.396 e. The van der Waals surface area contributed by atoms with Crippen LogP contribution in [0.1, 0.15) is 33.1 Å². The average molecular weight is 278 g/mol. The third kappa shape index (κ3) is 4.22. The van der Waals surface area contributed by atoms with Crippen molar-refractivity contribution in [2.75, 3.05) is 19.7 Å². The van der Waals surface area contributed by atoms with E-state index in [1.165, 1.54) is 0 Å². The Kier molecular flexibility index (Phi) is 4.74. The first-order valence-electron chi connectivity index (χ1n) is 6.06. The Hall–Kier alpha value is -0.660. The molecule has 18 heavy (non-hydrogen) atoms. The third-order valence-corrected chi connectivity index (χ3v) is 4.60. The zero-order valence-electron chi connectivity index (χ0n) is 10.9. The SMILES string of the molecule is CC(C)(CO)CCCN1CC(S(N)(=O)=O)CC1=O. The van der Waals surface area contributed by atoms with Crippen LogP contribution in [-0.4, -0.2) is 49.3 Å². The van der Waals surface area contributed by atoms with Gasteiger partial charge in [0.15, 0.2) is 0 Å². The number of likely N-dealkylation sites (tertiary alicyclic amines) is 1. The summed E-state index contributed by atoms with van der Waals surface area (Å²) in [5, 5.41) is 13.4. The first kappa shape index (κ1) is 15.4. The van der Waals surface area contributed by atoms with Gasteiger partial charge < -0.3 is 10.0 Å². The Labute approximate surface area is 108 Å². The molecule has 0 bridgehead atoms. The molecule has 0 aromatic heterocycles. The summed E-state index contributed by atoms with van der Waals surface area (Å²) >= 11 is 0. The van der Waals surface area contributed by atoms with Crippen molar-refractivity contribution in [3.8, 4) is 0 Å². The molecule has 1 rings (SSSR count). The van der Waals surface area contributed by atoms with Gasteiger partial charge in [0.2, 0.25) is 15.9 Å². The molecule has 0 aromatic carbocycles. The number of amides is 1. The maximum absolute atomic E-state index is 11.6. The molecule has 1 aliphatic heterocycles. The molecule has 1 aliphatic rings. The van der Waals surface area contributed by atoms with Crippen LogP contribution < -0.4 is 5.14 Å². The van der Waals surface area contributed by atoms with Gasteiger partial charge in [-0.1, -0.05) is 13.8 Å². The summed E-state index contributed by atoms with van der Waals surface area (Å²) in [6.07, 6.45) is 1.52. The fraction of sp³-hybridized carbons (Fsp3) is 0.909. The van der Waals surface area contributed by atoms with Crippen LogP contribution in [0, 0.1) is 5.41 Å². The lowest BCUT2D eigenvalue weighted by Gasteiger charge is -2.23. The van der Waals surface area contributed by atoms with E-state index < -0.39 is 15.3 Å². The van der Waals surface area contributed by atoms with E-state index in [1.807, 2.05) is 13.8 Å². The second-order valence-corrected chi connectivity index (χ2v) is 7.53. The Morgan fingerprint density at radius 1 is 1.50 bits per heavy atom. The number of nitrogens with zero attached hydrogens (tertiary/aromatic N) is 1. The van der Waals surface area contributed by atoms with Crippen LogP contribution in [0.25, 0.3) is 0 Å². The number of hydrogen-bond donors (Lipinski definition) is 2. The first-order chi connectivity index (χ1) is 8.15. The zero-order valence-corrected chi connectivity index (χ0v) is 11.7. The summed E-state index contributed by atoms with van der Waals surface area (Å²) in [6, 6.07) is 0. The van der Waals surface area contributed by atoms with Gasteiger partial charge in [-0.15, -0.1) is 0 Å². The molecule has 0 spiro atoms. The molecule has 6 nitrogen and oxygen atoms in total.